The standard InChI is InChI=1S/C15H12Cl2N2O4S/c1-8-15(20)18-12-7-9(5-6-13(12)23-8)24(21,22)19-14-10(16)3-2-4-11(14)17/h2-8,19H,1H3,(H,18,20). The first-order chi connectivity index (χ1) is 11.3. The van der Waals surface area contributed by atoms with Crippen LogP contribution in [0, 0.1) is 0 Å². The number of hydrogen-bond donors (Lipinski definition) is 2. The molecule has 1 amide bonds. The minimum absolute atomic E-state index is 0.0595. The third-order valence-electron chi connectivity index (χ3n) is 3.39. The first-order valence-electron chi connectivity index (χ1n) is 6.86. The Morgan fingerprint density at radius 3 is 2.50 bits per heavy atom. The average molecular weight is 387 g/mol. The molecule has 0 saturated carbocycles. The Morgan fingerprint density at radius 1 is 1.17 bits per heavy atom. The summed E-state index contributed by atoms with van der Waals surface area (Å²) in [5.74, 6) is 0.0518. The van der Waals surface area contributed by atoms with Gasteiger partial charge in [0.25, 0.3) is 15.9 Å². The molecule has 1 unspecified atom stereocenters. The van der Waals surface area contributed by atoms with Gasteiger partial charge in [0.05, 0.1) is 26.3 Å². The molecule has 0 radical (unpaired) electrons. The van der Waals surface area contributed by atoms with Gasteiger partial charge in [0, 0.05) is 0 Å². The van der Waals surface area contributed by atoms with Crippen LogP contribution in [0.15, 0.2) is 41.3 Å². The van der Waals surface area contributed by atoms with Crippen LogP contribution < -0.4 is 14.8 Å². The molecule has 1 atom stereocenters. The van der Waals surface area contributed by atoms with E-state index in [2.05, 4.69) is 10.0 Å². The fourth-order valence-corrected chi connectivity index (χ4v) is 3.87. The lowest BCUT2D eigenvalue weighted by Gasteiger charge is -2.23. The maximum absolute atomic E-state index is 12.6. The van der Waals surface area contributed by atoms with Crippen LogP contribution in [0.1, 0.15) is 6.92 Å². The highest BCUT2D eigenvalue weighted by Crippen LogP contribution is 2.35. The maximum Gasteiger partial charge on any atom is 0.265 e. The second-order valence-corrected chi connectivity index (χ2v) is 7.61. The van der Waals surface area contributed by atoms with Crippen molar-refractivity contribution in [3.05, 3.63) is 46.4 Å². The van der Waals surface area contributed by atoms with Crippen LogP contribution in [0.2, 0.25) is 10.0 Å². The molecule has 1 heterocycles. The molecule has 9 heteroatoms. The predicted molar refractivity (Wildman–Crippen MR) is 92.4 cm³/mol. The number of carbonyl (C=O) groups is 1. The van der Waals surface area contributed by atoms with Gasteiger partial charge in [-0.1, -0.05) is 29.3 Å². The van der Waals surface area contributed by atoms with Crippen molar-refractivity contribution in [1.82, 2.24) is 0 Å². The highest BCUT2D eigenvalue weighted by molar-refractivity contribution is 7.92. The lowest BCUT2D eigenvalue weighted by atomic mass is 10.2. The molecular formula is C15H12Cl2N2O4S. The van der Waals surface area contributed by atoms with Crippen molar-refractivity contribution in [1.29, 1.82) is 0 Å². The molecule has 2 N–H and O–H groups in total. The van der Waals surface area contributed by atoms with Crippen molar-refractivity contribution in [2.75, 3.05) is 10.0 Å². The summed E-state index contributed by atoms with van der Waals surface area (Å²) >= 11 is 12.0. The zero-order valence-electron chi connectivity index (χ0n) is 12.3. The van der Waals surface area contributed by atoms with Crippen molar-refractivity contribution in [3.63, 3.8) is 0 Å². The second kappa shape index (κ2) is 6.16. The van der Waals surface area contributed by atoms with Crippen molar-refractivity contribution in [3.8, 4) is 5.75 Å². The van der Waals surface area contributed by atoms with E-state index in [9.17, 15) is 13.2 Å². The number of fused-ring (bicyclic) bond motifs is 1. The van der Waals surface area contributed by atoms with Gasteiger partial charge < -0.3 is 10.1 Å². The molecule has 0 fully saturated rings. The number of amides is 1. The van der Waals surface area contributed by atoms with E-state index in [0.29, 0.717) is 5.75 Å². The summed E-state index contributed by atoms with van der Waals surface area (Å²) < 4.78 is 32.9. The normalized spacial score (nSPS) is 16.8. The zero-order valence-corrected chi connectivity index (χ0v) is 14.7. The molecule has 6 nitrogen and oxygen atoms in total. The van der Waals surface area contributed by atoms with Gasteiger partial charge in [-0.25, -0.2) is 8.42 Å². The fourth-order valence-electron chi connectivity index (χ4n) is 2.14. The minimum atomic E-state index is -3.95. The number of rotatable bonds is 3. The predicted octanol–water partition coefficient (Wildman–Crippen LogP) is 3.51. The van der Waals surface area contributed by atoms with E-state index in [0.717, 1.165) is 0 Å². The van der Waals surface area contributed by atoms with Crippen LogP contribution in [-0.4, -0.2) is 20.4 Å². The number of anilines is 2. The van der Waals surface area contributed by atoms with Gasteiger partial charge in [0.2, 0.25) is 0 Å². The Hall–Kier alpha value is -1.96. The molecular weight excluding hydrogens is 375 g/mol. The van der Waals surface area contributed by atoms with Crippen LogP contribution in [0.25, 0.3) is 0 Å². The van der Waals surface area contributed by atoms with E-state index < -0.39 is 16.1 Å². The summed E-state index contributed by atoms with van der Waals surface area (Å²) in [6.07, 6.45) is -0.639. The van der Waals surface area contributed by atoms with Crippen LogP contribution in [0.5, 0.6) is 5.75 Å². The highest BCUT2D eigenvalue weighted by Gasteiger charge is 2.26. The van der Waals surface area contributed by atoms with Crippen LogP contribution in [0.4, 0.5) is 11.4 Å². The molecule has 0 aliphatic carbocycles. The van der Waals surface area contributed by atoms with E-state index >= 15 is 0 Å². The number of para-hydroxylation sites is 1. The molecule has 2 aromatic carbocycles. The number of ether oxygens (including phenoxy) is 1. The Bertz CT molecular complexity index is 911. The molecule has 0 saturated heterocycles. The monoisotopic (exact) mass is 386 g/mol. The zero-order chi connectivity index (χ0) is 17.5. The summed E-state index contributed by atoms with van der Waals surface area (Å²) in [5, 5.41) is 2.95. The van der Waals surface area contributed by atoms with Gasteiger partial charge in [-0.05, 0) is 37.3 Å². The Morgan fingerprint density at radius 2 is 1.83 bits per heavy atom. The van der Waals surface area contributed by atoms with Crippen molar-refractivity contribution >= 4 is 50.5 Å². The Labute approximate surface area is 148 Å². The topological polar surface area (TPSA) is 84.5 Å². The Balaban J connectivity index is 1.96. The molecule has 0 spiro atoms. The molecule has 126 valence electrons. The quantitative estimate of drug-likeness (QED) is 0.844. The molecule has 0 bridgehead atoms. The molecule has 0 aromatic heterocycles. The minimum Gasteiger partial charge on any atom is -0.479 e. The van der Waals surface area contributed by atoms with E-state index in [-0.39, 0.29) is 32.2 Å². The third-order valence-corrected chi connectivity index (χ3v) is 5.37. The lowest BCUT2D eigenvalue weighted by Crippen LogP contribution is -2.34. The molecule has 3 rings (SSSR count). The summed E-state index contributed by atoms with van der Waals surface area (Å²) in [5.41, 5.74) is 0.374. The van der Waals surface area contributed by atoms with Crippen LogP contribution in [0.3, 0.4) is 0 Å². The van der Waals surface area contributed by atoms with Gasteiger partial charge in [-0.15, -0.1) is 0 Å². The SMILES string of the molecule is CC1Oc2ccc(S(=O)(=O)Nc3c(Cl)cccc3Cl)cc2NC1=O. The van der Waals surface area contributed by atoms with Crippen LogP contribution >= 0.6 is 23.2 Å². The summed E-state index contributed by atoms with van der Waals surface area (Å²) in [6.45, 7) is 1.60. The van der Waals surface area contributed by atoms with Gasteiger partial charge in [-0.3, -0.25) is 9.52 Å². The number of sulfonamides is 1. The summed E-state index contributed by atoms with van der Waals surface area (Å²) in [6, 6.07) is 8.81. The maximum atomic E-state index is 12.6. The van der Waals surface area contributed by atoms with E-state index in [4.69, 9.17) is 27.9 Å². The number of hydrogen-bond acceptors (Lipinski definition) is 4. The third kappa shape index (κ3) is 3.15. The van der Waals surface area contributed by atoms with Gasteiger partial charge >= 0.3 is 0 Å². The van der Waals surface area contributed by atoms with Crippen LogP contribution in [-0.2, 0) is 14.8 Å². The number of nitrogens with one attached hydrogen (secondary N) is 2. The van der Waals surface area contributed by atoms with E-state index in [1.54, 1.807) is 13.0 Å². The largest absolute Gasteiger partial charge is 0.479 e. The van der Waals surface area contributed by atoms with Gasteiger partial charge in [0.1, 0.15) is 5.75 Å². The molecule has 2 aromatic rings. The van der Waals surface area contributed by atoms with Crippen molar-refractivity contribution in [2.45, 2.75) is 17.9 Å². The summed E-state index contributed by atoms with van der Waals surface area (Å²) in [4.78, 5) is 11.6. The van der Waals surface area contributed by atoms with Crippen molar-refractivity contribution < 1.29 is 17.9 Å². The second-order valence-electron chi connectivity index (χ2n) is 5.11. The van der Waals surface area contributed by atoms with Gasteiger partial charge in [0.15, 0.2) is 6.10 Å². The average Bonchev–Trinajstić information content (AvgIpc) is 2.52. The van der Waals surface area contributed by atoms with Gasteiger partial charge in [-0.2, -0.15) is 0 Å². The first kappa shape index (κ1) is 16.9. The number of benzene rings is 2. The van der Waals surface area contributed by atoms with E-state index in [1.165, 1.54) is 30.3 Å². The Kier molecular flexibility index (Phi) is 4.33. The summed E-state index contributed by atoms with van der Waals surface area (Å²) in [7, 11) is -3.95. The first-order valence-corrected chi connectivity index (χ1v) is 9.10. The lowest BCUT2D eigenvalue weighted by molar-refractivity contribution is -0.122. The highest BCUT2D eigenvalue weighted by atomic mass is 35.5. The molecule has 24 heavy (non-hydrogen) atoms. The smallest absolute Gasteiger partial charge is 0.265 e. The number of halogens is 2. The molecule has 1 aliphatic rings. The fraction of sp³-hybridized carbons (Fsp3) is 0.133. The van der Waals surface area contributed by atoms with E-state index in [1.807, 2.05) is 0 Å². The number of carbonyl (C=O) groups excluding carboxylic acids is 1. The molecule has 1 aliphatic heterocycles. The van der Waals surface area contributed by atoms with Crippen molar-refractivity contribution in [2.24, 2.45) is 0 Å².